The SMILES string of the molecule is CCCCC[C@@H](/C=C/C1[C@@H]2[C@H](C[C@H]1O[Si](CC)(CC)CC)O/C(=C/CCCC(=O)OC)[C@@H]2F)O[Si](CC)(CC)CC. The molecule has 238 valence electrons. The Bertz CT molecular complexity index is 810. The van der Waals surface area contributed by atoms with E-state index in [-0.39, 0.29) is 36.1 Å². The lowest BCUT2D eigenvalue weighted by Gasteiger charge is -2.35. The number of unbranched alkanes of at least 4 members (excludes halogenated alkanes) is 3. The van der Waals surface area contributed by atoms with Crippen molar-refractivity contribution in [2.75, 3.05) is 7.11 Å². The highest BCUT2D eigenvalue weighted by molar-refractivity contribution is 6.74. The van der Waals surface area contributed by atoms with E-state index in [2.05, 4.69) is 60.6 Å². The van der Waals surface area contributed by atoms with Gasteiger partial charge in [0.1, 0.15) is 11.9 Å². The van der Waals surface area contributed by atoms with E-state index < -0.39 is 22.8 Å². The third-order valence-electron chi connectivity index (χ3n) is 10.1. The van der Waals surface area contributed by atoms with E-state index in [9.17, 15) is 4.79 Å². The summed E-state index contributed by atoms with van der Waals surface area (Å²) in [5.74, 6) is -0.0771. The first-order valence-electron chi connectivity index (χ1n) is 16.8. The Labute approximate surface area is 253 Å². The first-order chi connectivity index (χ1) is 19.7. The summed E-state index contributed by atoms with van der Waals surface area (Å²) in [4.78, 5) is 11.5. The maximum absolute atomic E-state index is 16.1. The second kappa shape index (κ2) is 18.0. The van der Waals surface area contributed by atoms with Crippen LogP contribution >= 0.6 is 0 Å². The predicted molar refractivity (Wildman–Crippen MR) is 173 cm³/mol. The van der Waals surface area contributed by atoms with E-state index in [0.29, 0.717) is 25.0 Å². The third kappa shape index (κ3) is 9.77. The van der Waals surface area contributed by atoms with Gasteiger partial charge in [0.05, 0.1) is 19.3 Å². The van der Waals surface area contributed by atoms with Crippen molar-refractivity contribution in [3.05, 3.63) is 24.0 Å². The van der Waals surface area contributed by atoms with Crippen LogP contribution in [0.3, 0.4) is 0 Å². The fourth-order valence-electron chi connectivity index (χ4n) is 6.80. The largest absolute Gasteiger partial charge is 0.491 e. The molecule has 0 amide bonds. The van der Waals surface area contributed by atoms with Gasteiger partial charge in [-0.25, -0.2) is 4.39 Å². The van der Waals surface area contributed by atoms with Crippen LogP contribution in [0.2, 0.25) is 36.3 Å². The molecule has 6 atom stereocenters. The fraction of sp³-hybridized carbons (Fsp3) is 0.848. The van der Waals surface area contributed by atoms with Gasteiger partial charge in [0.15, 0.2) is 22.8 Å². The lowest BCUT2D eigenvalue weighted by atomic mass is 9.89. The minimum Gasteiger partial charge on any atom is -0.491 e. The van der Waals surface area contributed by atoms with Crippen LogP contribution < -0.4 is 0 Å². The first kappa shape index (κ1) is 36.2. The van der Waals surface area contributed by atoms with Crippen molar-refractivity contribution in [3.63, 3.8) is 0 Å². The van der Waals surface area contributed by atoms with Crippen LogP contribution in [0.15, 0.2) is 24.0 Å². The molecule has 0 radical (unpaired) electrons. The number of methoxy groups -OCH3 is 1. The lowest BCUT2D eigenvalue weighted by molar-refractivity contribution is -0.140. The summed E-state index contributed by atoms with van der Waals surface area (Å²) >= 11 is 0. The quantitative estimate of drug-likeness (QED) is 0.0593. The van der Waals surface area contributed by atoms with Crippen LogP contribution in [0.4, 0.5) is 4.39 Å². The van der Waals surface area contributed by atoms with Gasteiger partial charge in [-0.2, -0.15) is 0 Å². The van der Waals surface area contributed by atoms with Crippen molar-refractivity contribution in [1.29, 1.82) is 0 Å². The summed E-state index contributed by atoms with van der Waals surface area (Å²) in [5, 5.41) is 0. The molecule has 1 saturated heterocycles. The molecule has 1 unspecified atom stereocenters. The predicted octanol–water partition coefficient (Wildman–Crippen LogP) is 9.50. The van der Waals surface area contributed by atoms with Gasteiger partial charge in [0.25, 0.3) is 0 Å². The molecule has 1 aliphatic carbocycles. The molecular formula is C33H61FO5Si2. The highest BCUT2D eigenvalue weighted by Crippen LogP contribution is 2.49. The van der Waals surface area contributed by atoms with E-state index in [1.165, 1.54) is 20.0 Å². The van der Waals surface area contributed by atoms with E-state index in [1.807, 2.05) is 6.08 Å². The highest BCUT2D eigenvalue weighted by Gasteiger charge is 2.55. The van der Waals surface area contributed by atoms with Crippen LogP contribution in [0.5, 0.6) is 0 Å². The Morgan fingerprint density at radius 2 is 1.61 bits per heavy atom. The van der Waals surface area contributed by atoms with Crippen LogP contribution in [0, 0.1) is 11.8 Å². The molecule has 1 heterocycles. The number of allylic oxidation sites excluding steroid dienone is 2. The molecule has 0 N–H and O–H groups in total. The van der Waals surface area contributed by atoms with Gasteiger partial charge >= 0.3 is 5.97 Å². The molecule has 2 aliphatic rings. The summed E-state index contributed by atoms with van der Waals surface area (Å²) in [6.07, 6.45) is 12.0. The molecule has 8 heteroatoms. The Hall–Kier alpha value is -0.966. The summed E-state index contributed by atoms with van der Waals surface area (Å²) in [7, 11) is -2.27. The van der Waals surface area contributed by atoms with Crippen molar-refractivity contribution in [1.82, 2.24) is 0 Å². The van der Waals surface area contributed by atoms with Crippen molar-refractivity contribution in [2.45, 2.75) is 161 Å². The number of carbonyl (C=O) groups excluding carboxylic acids is 1. The molecule has 0 aromatic rings. The number of halogens is 1. The van der Waals surface area contributed by atoms with Gasteiger partial charge in [-0.05, 0) is 61.6 Å². The van der Waals surface area contributed by atoms with Gasteiger partial charge < -0.3 is 18.3 Å². The molecule has 1 saturated carbocycles. The molecule has 41 heavy (non-hydrogen) atoms. The summed E-state index contributed by atoms with van der Waals surface area (Å²) in [6.45, 7) is 15.9. The summed E-state index contributed by atoms with van der Waals surface area (Å²) in [6, 6.07) is 6.61. The number of hydrogen-bond donors (Lipinski definition) is 0. The number of hydrogen-bond acceptors (Lipinski definition) is 5. The maximum Gasteiger partial charge on any atom is 0.305 e. The monoisotopic (exact) mass is 612 g/mol. The molecule has 2 fully saturated rings. The zero-order chi connectivity index (χ0) is 30.5. The molecule has 0 bridgehead atoms. The van der Waals surface area contributed by atoms with E-state index >= 15 is 4.39 Å². The van der Waals surface area contributed by atoms with Crippen LogP contribution in [-0.2, 0) is 23.1 Å². The zero-order valence-corrected chi connectivity index (χ0v) is 29.5. The number of esters is 1. The third-order valence-corrected chi connectivity index (χ3v) is 19.5. The average molecular weight is 613 g/mol. The zero-order valence-electron chi connectivity index (χ0n) is 27.5. The molecule has 0 aromatic carbocycles. The standard InChI is InChI=1S/C33H61FO5Si2/c1-9-16-17-20-26(38-40(10-2,11-3)12-4)23-24-27-29(39-41(13-5,14-6)15-7)25-30-32(27)33(34)28(37-30)21-18-19-22-31(35)36-8/h21,23-24,26-27,29-30,32-33H,9-20,22,25H2,1-8H3/b24-23+,28-21+/t26-,27?,29+,30-,32+,33-/m0/s1. The molecule has 0 spiro atoms. The average Bonchev–Trinajstić information content (AvgIpc) is 3.49. The van der Waals surface area contributed by atoms with Gasteiger partial charge in [-0.3, -0.25) is 4.79 Å². The minimum absolute atomic E-state index is 0.0197. The molecule has 1 aliphatic heterocycles. The Kier molecular flexibility index (Phi) is 15.9. The van der Waals surface area contributed by atoms with E-state index in [0.717, 1.165) is 55.5 Å². The van der Waals surface area contributed by atoms with E-state index in [4.69, 9.17) is 18.3 Å². The topological polar surface area (TPSA) is 54.0 Å². The van der Waals surface area contributed by atoms with Gasteiger partial charge in [0.2, 0.25) is 0 Å². The summed E-state index contributed by atoms with van der Waals surface area (Å²) in [5.41, 5.74) is 0. The second-order valence-corrected chi connectivity index (χ2v) is 21.7. The van der Waals surface area contributed by atoms with Gasteiger partial charge in [0, 0.05) is 24.7 Å². The van der Waals surface area contributed by atoms with Crippen LogP contribution in [0.25, 0.3) is 0 Å². The molecular weight excluding hydrogens is 552 g/mol. The van der Waals surface area contributed by atoms with Gasteiger partial charge in [-0.1, -0.05) is 79.9 Å². The Morgan fingerprint density at radius 3 is 2.17 bits per heavy atom. The molecule has 0 aromatic heterocycles. The minimum atomic E-state index is -1.88. The van der Waals surface area contributed by atoms with Crippen molar-refractivity contribution < 1.29 is 27.5 Å². The number of carbonyl (C=O) groups is 1. The van der Waals surface area contributed by atoms with Crippen molar-refractivity contribution in [2.24, 2.45) is 11.8 Å². The number of ether oxygens (including phenoxy) is 2. The van der Waals surface area contributed by atoms with Gasteiger partial charge in [-0.15, -0.1) is 0 Å². The second-order valence-electron chi connectivity index (χ2n) is 12.2. The highest BCUT2D eigenvalue weighted by atomic mass is 28.4. The van der Waals surface area contributed by atoms with E-state index in [1.54, 1.807) is 0 Å². The van der Waals surface area contributed by atoms with Crippen molar-refractivity contribution in [3.8, 4) is 0 Å². The van der Waals surface area contributed by atoms with Crippen molar-refractivity contribution >= 4 is 22.6 Å². The normalized spacial score (nSPS) is 26.5. The number of rotatable bonds is 20. The number of fused-ring (bicyclic) bond motifs is 1. The maximum atomic E-state index is 16.1. The fourth-order valence-corrected chi connectivity index (χ4v) is 12.5. The van der Waals surface area contributed by atoms with Crippen LogP contribution in [-0.4, -0.2) is 54.2 Å². The van der Waals surface area contributed by atoms with Crippen LogP contribution in [0.1, 0.15) is 99.8 Å². The lowest BCUT2D eigenvalue weighted by Crippen LogP contribution is -2.42. The smallest absolute Gasteiger partial charge is 0.305 e. The molecule has 5 nitrogen and oxygen atoms in total. The first-order valence-corrected chi connectivity index (χ1v) is 21.9. The Balaban J connectivity index is 2.33. The summed E-state index contributed by atoms with van der Waals surface area (Å²) < 4.78 is 41.2. The molecule has 2 rings (SSSR count). The number of alkyl halides is 1. The Morgan fingerprint density at radius 1 is 0.976 bits per heavy atom.